The van der Waals surface area contributed by atoms with Gasteiger partial charge in [0.2, 0.25) is 0 Å². The summed E-state index contributed by atoms with van der Waals surface area (Å²) in [7, 11) is 0. The Morgan fingerprint density at radius 1 is 1.17 bits per heavy atom. The monoisotopic (exact) mass is 268 g/mol. The molecule has 1 unspecified atom stereocenters. The second-order valence-electron chi connectivity index (χ2n) is 5.64. The number of anilines is 1. The van der Waals surface area contributed by atoms with Gasteiger partial charge in [-0.15, -0.1) is 0 Å². The van der Waals surface area contributed by atoms with Gasteiger partial charge in [-0.05, 0) is 44.4 Å². The lowest BCUT2D eigenvalue weighted by Crippen LogP contribution is -2.34. The quantitative estimate of drug-likeness (QED) is 0.866. The second-order valence-corrected chi connectivity index (χ2v) is 6.05. The van der Waals surface area contributed by atoms with Gasteiger partial charge in [0.15, 0.2) is 0 Å². The average Bonchev–Trinajstić information content (AvgIpc) is 2.25. The maximum atomic E-state index is 6.40. The molecule has 0 spiro atoms. The van der Waals surface area contributed by atoms with Gasteiger partial charge in [-0.25, -0.2) is 0 Å². The number of rotatable bonds is 5. The number of nitrogens with zero attached hydrogens (tertiary/aromatic N) is 1. The van der Waals surface area contributed by atoms with Gasteiger partial charge >= 0.3 is 0 Å². The molecule has 0 aliphatic carbocycles. The highest BCUT2D eigenvalue weighted by Gasteiger charge is 2.15. The summed E-state index contributed by atoms with van der Waals surface area (Å²) < 4.78 is 0. The Kier molecular flexibility index (Phi) is 5.48. The van der Waals surface area contributed by atoms with Gasteiger partial charge in [-0.1, -0.05) is 31.5 Å². The highest BCUT2D eigenvalue weighted by molar-refractivity contribution is 6.33. The topological polar surface area (TPSA) is 29.3 Å². The Labute approximate surface area is 116 Å². The van der Waals surface area contributed by atoms with Crippen molar-refractivity contribution in [1.82, 2.24) is 0 Å². The van der Waals surface area contributed by atoms with E-state index in [1.807, 2.05) is 13.0 Å². The summed E-state index contributed by atoms with van der Waals surface area (Å²) in [6.07, 6.45) is 0. The molecule has 0 saturated heterocycles. The molecule has 18 heavy (non-hydrogen) atoms. The third kappa shape index (κ3) is 3.89. The van der Waals surface area contributed by atoms with Gasteiger partial charge in [-0.2, -0.15) is 0 Å². The molecule has 1 aromatic rings. The molecule has 102 valence electrons. The first-order valence-electron chi connectivity index (χ1n) is 6.64. The summed E-state index contributed by atoms with van der Waals surface area (Å²) in [6.45, 7) is 11.8. The second kappa shape index (κ2) is 6.44. The zero-order chi connectivity index (χ0) is 13.9. The van der Waals surface area contributed by atoms with Crippen molar-refractivity contribution < 1.29 is 0 Å². The van der Waals surface area contributed by atoms with Crippen LogP contribution in [0.4, 0.5) is 5.69 Å². The fourth-order valence-corrected chi connectivity index (χ4v) is 2.32. The van der Waals surface area contributed by atoms with Crippen LogP contribution in [0.25, 0.3) is 0 Å². The van der Waals surface area contributed by atoms with E-state index in [-0.39, 0.29) is 6.04 Å². The van der Waals surface area contributed by atoms with Crippen LogP contribution >= 0.6 is 11.6 Å². The largest absolute Gasteiger partial charge is 0.368 e. The third-order valence-electron chi connectivity index (χ3n) is 2.99. The Hall–Kier alpha value is -0.730. The molecule has 1 rings (SSSR count). The SMILES string of the molecule is CC(C)CN(c1ccc(C(C)N)cc1Cl)C(C)C. The zero-order valence-corrected chi connectivity index (χ0v) is 12.8. The van der Waals surface area contributed by atoms with E-state index < -0.39 is 0 Å². The van der Waals surface area contributed by atoms with Gasteiger partial charge < -0.3 is 10.6 Å². The fraction of sp³-hybridized carbons (Fsp3) is 0.600. The maximum absolute atomic E-state index is 6.40. The number of nitrogens with two attached hydrogens (primary N) is 1. The molecule has 0 bridgehead atoms. The third-order valence-corrected chi connectivity index (χ3v) is 3.29. The van der Waals surface area contributed by atoms with Crippen molar-refractivity contribution in [2.75, 3.05) is 11.4 Å². The van der Waals surface area contributed by atoms with Gasteiger partial charge in [0, 0.05) is 18.6 Å². The molecule has 0 radical (unpaired) electrons. The van der Waals surface area contributed by atoms with Crippen LogP contribution in [0.1, 0.15) is 46.2 Å². The average molecular weight is 269 g/mol. The molecule has 3 heteroatoms. The Bertz CT molecular complexity index is 386. The molecule has 0 amide bonds. The van der Waals surface area contributed by atoms with Crippen molar-refractivity contribution in [3.05, 3.63) is 28.8 Å². The molecule has 2 nitrogen and oxygen atoms in total. The molecular weight excluding hydrogens is 244 g/mol. The number of halogens is 1. The van der Waals surface area contributed by atoms with E-state index >= 15 is 0 Å². The van der Waals surface area contributed by atoms with E-state index in [4.69, 9.17) is 17.3 Å². The summed E-state index contributed by atoms with van der Waals surface area (Å²) in [5.41, 5.74) is 8.06. The van der Waals surface area contributed by atoms with Crippen LogP contribution in [-0.4, -0.2) is 12.6 Å². The van der Waals surface area contributed by atoms with Crippen LogP contribution < -0.4 is 10.6 Å². The van der Waals surface area contributed by atoms with Gasteiger partial charge in [0.05, 0.1) is 10.7 Å². The van der Waals surface area contributed by atoms with E-state index in [0.29, 0.717) is 12.0 Å². The fourth-order valence-electron chi connectivity index (χ4n) is 2.02. The van der Waals surface area contributed by atoms with Crippen LogP contribution in [0.3, 0.4) is 0 Å². The Balaban J connectivity index is 3.05. The van der Waals surface area contributed by atoms with Crippen molar-refractivity contribution in [3.63, 3.8) is 0 Å². The molecule has 0 aromatic heterocycles. The van der Waals surface area contributed by atoms with Crippen LogP contribution in [-0.2, 0) is 0 Å². The molecule has 0 saturated carbocycles. The minimum absolute atomic E-state index is 0.0224. The van der Waals surface area contributed by atoms with Gasteiger partial charge in [-0.3, -0.25) is 0 Å². The summed E-state index contributed by atoms with van der Waals surface area (Å²) in [5.74, 6) is 0.608. The van der Waals surface area contributed by atoms with Crippen molar-refractivity contribution in [2.24, 2.45) is 11.7 Å². The zero-order valence-electron chi connectivity index (χ0n) is 12.1. The number of hydrogen-bond acceptors (Lipinski definition) is 2. The predicted molar refractivity (Wildman–Crippen MR) is 81.4 cm³/mol. The number of benzene rings is 1. The van der Waals surface area contributed by atoms with Crippen molar-refractivity contribution in [1.29, 1.82) is 0 Å². The molecule has 0 aliphatic rings. The lowest BCUT2D eigenvalue weighted by Gasteiger charge is -2.31. The smallest absolute Gasteiger partial charge is 0.0642 e. The highest BCUT2D eigenvalue weighted by Crippen LogP contribution is 2.30. The van der Waals surface area contributed by atoms with Gasteiger partial charge in [0.25, 0.3) is 0 Å². The van der Waals surface area contributed by atoms with Crippen LogP contribution in [0.5, 0.6) is 0 Å². The maximum Gasteiger partial charge on any atom is 0.0642 e. The summed E-state index contributed by atoms with van der Waals surface area (Å²) in [4.78, 5) is 2.35. The standard InChI is InChI=1S/C15H25ClN2/c1-10(2)9-18(11(3)4)15-7-6-13(12(5)17)8-14(15)16/h6-8,10-12H,9,17H2,1-5H3. The summed E-state index contributed by atoms with van der Waals surface area (Å²) in [5, 5.41) is 0.791. The molecule has 1 aromatic carbocycles. The molecule has 2 N–H and O–H groups in total. The van der Waals surface area contributed by atoms with E-state index in [1.165, 1.54) is 0 Å². The first-order chi connectivity index (χ1) is 8.32. The van der Waals surface area contributed by atoms with Gasteiger partial charge in [0.1, 0.15) is 0 Å². The molecule has 1 atom stereocenters. The first-order valence-corrected chi connectivity index (χ1v) is 7.02. The van der Waals surface area contributed by atoms with E-state index in [0.717, 1.165) is 22.8 Å². The van der Waals surface area contributed by atoms with Crippen molar-refractivity contribution >= 4 is 17.3 Å². The normalized spacial score (nSPS) is 13.2. The van der Waals surface area contributed by atoms with Crippen LogP contribution in [0, 0.1) is 5.92 Å². The predicted octanol–water partition coefficient (Wildman–Crippen LogP) is 4.23. The molecule has 0 aliphatic heterocycles. The minimum atomic E-state index is 0.0224. The molecule has 0 fully saturated rings. The lowest BCUT2D eigenvalue weighted by molar-refractivity contribution is 0.571. The van der Waals surface area contributed by atoms with E-state index in [1.54, 1.807) is 0 Å². The van der Waals surface area contributed by atoms with Crippen molar-refractivity contribution in [3.8, 4) is 0 Å². The molecular formula is C15H25ClN2. The van der Waals surface area contributed by atoms with Crippen LogP contribution in [0.2, 0.25) is 5.02 Å². The molecule has 0 heterocycles. The minimum Gasteiger partial charge on any atom is -0.368 e. The van der Waals surface area contributed by atoms with Crippen LogP contribution in [0.15, 0.2) is 18.2 Å². The summed E-state index contributed by atoms with van der Waals surface area (Å²) >= 11 is 6.40. The lowest BCUT2D eigenvalue weighted by atomic mass is 10.1. The van der Waals surface area contributed by atoms with E-state index in [9.17, 15) is 0 Å². The Morgan fingerprint density at radius 3 is 2.17 bits per heavy atom. The first kappa shape index (κ1) is 15.3. The van der Waals surface area contributed by atoms with Crippen molar-refractivity contribution in [2.45, 2.75) is 46.7 Å². The highest BCUT2D eigenvalue weighted by atomic mass is 35.5. The number of hydrogen-bond donors (Lipinski definition) is 1. The Morgan fingerprint density at radius 2 is 1.78 bits per heavy atom. The summed E-state index contributed by atoms with van der Waals surface area (Å²) in [6, 6.07) is 6.60. The van der Waals surface area contributed by atoms with E-state index in [2.05, 4.69) is 44.7 Å².